The normalized spacial score (nSPS) is 11.4. The molecule has 3 heteroatoms. The number of halogens is 2. The molecule has 0 spiro atoms. The zero-order valence-electron chi connectivity index (χ0n) is 21.3. The van der Waals surface area contributed by atoms with Gasteiger partial charge in [0.05, 0.1) is 11.4 Å². The van der Waals surface area contributed by atoms with Gasteiger partial charge in [-0.1, -0.05) is 97.1 Å². The lowest BCUT2D eigenvalue weighted by Gasteiger charge is -2.39. The van der Waals surface area contributed by atoms with Crippen LogP contribution in [0.25, 0.3) is 33.4 Å². The van der Waals surface area contributed by atoms with Crippen LogP contribution in [0.1, 0.15) is 20.8 Å². The van der Waals surface area contributed by atoms with Gasteiger partial charge in [-0.05, 0) is 72.9 Å². The van der Waals surface area contributed by atoms with Gasteiger partial charge in [-0.2, -0.15) is 0 Å². The molecule has 0 N–H and O–H groups in total. The first kappa shape index (κ1) is 24.5. The van der Waals surface area contributed by atoms with E-state index in [9.17, 15) is 0 Å². The minimum absolute atomic E-state index is 0.337. The monoisotopic (exact) mass is 489 g/mol. The average Bonchev–Trinajstić information content (AvgIpc) is 2.91. The number of hydrogen-bond donors (Lipinski definition) is 0. The van der Waals surface area contributed by atoms with Crippen molar-refractivity contribution in [1.82, 2.24) is 0 Å². The summed E-state index contributed by atoms with van der Waals surface area (Å²) in [6.07, 6.45) is 0. The number of rotatable bonds is 5. The van der Waals surface area contributed by atoms with Gasteiger partial charge in [0, 0.05) is 11.1 Å². The van der Waals surface area contributed by atoms with Crippen molar-refractivity contribution in [3.05, 3.63) is 133 Å². The lowest BCUT2D eigenvalue weighted by Crippen LogP contribution is -2.39. The molecule has 5 rings (SSSR count). The van der Waals surface area contributed by atoms with Crippen LogP contribution in [0.2, 0.25) is 0 Å². The lowest BCUT2D eigenvalue weighted by molar-refractivity contribution is 0.527. The van der Waals surface area contributed by atoms with E-state index in [1.54, 1.807) is 29.2 Å². The number of anilines is 2. The minimum atomic E-state index is -0.601. The van der Waals surface area contributed by atoms with E-state index in [1.165, 1.54) is 6.07 Å². The molecular formula is C34H29F2N. The molecule has 5 aromatic rings. The molecular weight excluding hydrogens is 460 g/mol. The largest absolute Gasteiger partial charge is 0.331 e. The highest BCUT2D eigenvalue weighted by Gasteiger charge is 2.31. The van der Waals surface area contributed by atoms with Crippen LogP contribution in [-0.2, 0) is 0 Å². The maximum Gasteiger partial charge on any atom is 0.148 e. The van der Waals surface area contributed by atoms with Gasteiger partial charge in [-0.15, -0.1) is 0 Å². The second kappa shape index (κ2) is 10.0. The van der Waals surface area contributed by atoms with Gasteiger partial charge in [0.25, 0.3) is 0 Å². The van der Waals surface area contributed by atoms with Crippen LogP contribution in [0, 0.1) is 11.6 Å². The third-order valence-electron chi connectivity index (χ3n) is 6.46. The molecule has 184 valence electrons. The lowest BCUT2D eigenvalue weighted by atomic mass is 9.92. The van der Waals surface area contributed by atoms with Crippen LogP contribution in [-0.4, -0.2) is 5.54 Å². The fourth-order valence-corrected chi connectivity index (χ4v) is 4.77. The Hall–Kier alpha value is -4.24. The third kappa shape index (κ3) is 5.03. The molecule has 0 heterocycles. The molecule has 0 aliphatic heterocycles. The number of benzene rings is 5. The quantitative estimate of drug-likeness (QED) is 0.237. The number of hydrogen-bond acceptors (Lipinski definition) is 1. The van der Waals surface area contributed by atoms with Crippen LogP contribution in [0.5, 0.6) is 0 Å². The highest BCUT2D eigenvalue weighted by atomic mass is 19.1. The van der Waals surface area contributed by atoms with Gasteiger partial charge in [0.2, 0.25) is 0 Å². The Labute approximate surface area is 217 Å². The van der Waals surface area contributed by atoms with E-state index in [4.69, 9.17) is 0 Å². The molecule has 0 aliphatic carbocycles. The van der Waals surface area contributed by atoms with E-state index < -0.39 is 17.2 Å². The zero-order valence-corrected chi connectivity index (χ0v) is 21.3. The molecule has 0 saturated carbocycles. The summed E-state index contributed by atoms with van der Waals surface area (Å²) in [5, 5.41) is 0. The highest BCUT2D eigenvalue weighted by Crippen LogP contribution is 2.44. The van der Waals surface area contributed by atoms with E-state index in [-0.39, 0.29) is 0 Å². The topological polar surface area (TPSA) is 3.24 Å². The SMILES string of the molecule is CC(C)(C)N(c1ccccc1F)c1c(F)cc(-c2ccccc2)cc1-c1ccc(-c2ccccc2)cc1. The molecule has 1 nitrogen and oxygen atoms in total. The molecule has 0 aromatic heterocycles. The van der Waals surface area contributed by atoms with Crippen LogP contribution in [0.15, 0.2) is 121 Å². The Balaban J connectivity index is 1.74. The highest BCUT2D eigenvalue weighted by molar-refractivity contribution is 5.88. The Morgan fingerprint density at radius 2 is 0.973 bits per heavy atom. The Bertz CT molecular complexity index is 1500. The van der Waals surface area contributed by atoms with Gasteiger partial charge in [-0.3, -0.25) is 0 Å². The average molecular weight is 490 g/mol. The second-order valence-electron chi connectivity index (χ2n) is 10.1. The smallest absolute Gasteiger partial charge is 0.148 e. The molecule has 0 fully saturated rings. The number of nitrogens with zero attached hydrogens (tertiary/aromatic N) is 1. The van der Waals surface area contributed by atoms with E-state index in [0.717, 1.165) is 27.8 Å². The van der Waals surface area contributed by atoms with E-state index in [2.05, 4.69) is 12.1 Å². The van der Waals surface area contributed by atoms with Gasteiger partial charge >= 0.3 is 0 Å². The summed E-state index contributed by atoms with van der Waals surface area (Å²) in [6, 6.07) is 38.1. The zero-order chi connectivity index (χ0) is 26.0. The van der Waals surface area contributed by atoms with Crippen molar-refractivity contribution in [1.29, 1.82) is 0 Å². The van der Waals surface area contributed by atoms with Crippen molar-refractivity contribution < 1.29 is 8.78 Å². The summed E-state index contributed by atoms with van der Waals surface area (Å²) in [6.45, 7) is 5.89. The van der Waals surface area contributed by atoms with E-state index >= 15 is 8.78 Å². The Morgan fingerprint density at radius 3 is 1.54 bits per heavy atom. The molecule has 0 amide bonds. The molecule has 37 heavy (non-hydrogen) atoms. The fourth-order valence-electron chi connectivity index (χ4n) is 4.77. The standard InChI is InChI=1S/C34H29F2N/c1-34(2,3)37(32-17-11-10-16-30(32)35)33-29(22-28(23-31(33)36)25-14-8-5-9-15-25)27-20-18-26(19-21-27)24-12-6-4-7-13-24/h4-23H,1-3H3. The van der Waals surface area contributed by atoms with E-state index in [1.807, 2.05) is 99.6 Å². The van der Waals surface area contributed by atoms with Crippen molar-refractivity contribution in [3.63, 3.8) is 0 Å². The Kier molecular flexibility index (Phi) is 6.62. The first-order valence-electron chi connectivity index (χ1n) is 12.4. The minimum Gasteiger partial charge on any atom is -0.331 e. The summed E-state index contributed by atoms with van der Waals surface area (Å²) in [4.78, 5) is 1.77. The molecule has 0 atom stereocenters. The number of para-hydroxylation sites is 1. The van der Waals surface area contributed by atoms with Gasteiger partial charge < -0.3 is 4.90 Å². The van der Waals surface area contributed by atoms with Crippen LogP contribution in [0.4, 0.5) is 20.2 Å². The maximum absolute atomic E-state index is 16.3. The predicted molar refractivity (Wildman–Crippen MR) is 151 cm³/mol. The first-order chi connectivity index (χ1) is 17.8. The van der Waals surface area contributed by atoms with Gasteiger partial charge in [0.1, 0.15) is 11.6 Å². The second-order valence-corrected chi connectivity index (χ2v) is 10.1. The summed E-state index contributed by atoms with van der Waals surface area (Å²) in [5.41, 5.74) is 5.53. The fraction of sp³-hybridized carbons (Fsp3) is 0.118. The van der Waals surface area contributed by atoms with Crippen LogP contribution in [0.3, 0.4) is 0 Å². The van der Waals surface area contributed by atoms with Gasteiger partial charge in [-0.25, -0.2) is 8.78 Å². The summed E-state index contributed by atoms with van der Waals surface area (Å²) >= 11 is 0. The van der Waals surface area contributed by atoms with Crippen molar-refractivity contribution in [3.8, 4) is 33.4 Å². The first-order valence-corrected chi connectivity index (χ1v) is 12.4. The summed E-state index contributed by atoms with van der Waals surface area (Å²) < 4.78 is 31.4. The molecule has 0 radical (unpaired) electrons. The molecule has 0 unspecified atom stereocenters. The molecule has 0 bridgehead atoms. The van der Waals surface area contributed by atoms with Gasteiger partial charge in [0.15, 0.2) is 0 Å². The van der Waals surface area contributed by atoms with E-state index in [0.29, 0.717) is 16.9 Å². The molecule has 0 aliphatic rings. The molecule has 5 aromatic carbocycles. The van der Waals surface area contributed by atoms with Crippen molar-refractivity contribution in [2.45, 2.75) is 26.3 Å². The summed E-state index contributed by atoms with van der Waals surface area (Å²) in [7, 11) is 0. The third-order valence-corrected chi connectivity index (χ3v) is 6.46. The van der Waals surface area contributed by atoms with Crippen molar-refractivity contribution in [2.75, 3.05) is 4.90 Å². The maximum atomic E-state index is 16.3. The van der Waals surface area contributed by atoms with Crippen molar-refractivity contribution in [2.24, 2.45) is 0 Å². The predicted octanol–water partition coefficient (Wildman–Crippen LogP) is 9.90. The van der Waals surface area contributed by atoms with Crippen LogP contribution >= 0.6 is 0 Å². The summed E-state index contributed by atoms with van der Waals surface area (Å²) in [5.74, 6) is -0.795. The molecule has 0 saturated heterocycles. The van der Waals surface area contributed by atoms with Crippen molar-refractivity contribution >= 4 is 11.4 Å². The Morgan fingerprint density at radius 1 is 0.486 bits per heavy atom. The van der Waals surface area contributed by atoms with Crippen LogP contribution < -0.4 is 4.90 Å².